The highest BCUT2D eigenvalue weighted by molar-refractivity contribution is 5.98. The number of rotatable bonds is 3. The summed E-state index contributed by atoms with van der Waals surface area (Å²) in [5, 5.41) is 0. The molecule has 0 bridgehead atoms. The van der Waals surface area contributed by atoms with Crippen LogP contribution in [-0.2, 0) is 0 Å². The van der Waals surface area contributed by atoms with E-state index in [9.17, 15) is 4.79 Å². The summed E-state index contributed by atoms with van der Waals surface area (Å²) < 4.78 is 0. The average molecular weight is 219 g/mol. The fourth-order valence-electron chi connectivity index (χ4n) is 1.55. The van der Waals surface area contributed by atoms with Crippen LogP contribution in [-0.4, -0.2) is 12.8 Å². The summed E-state index contributed by atoms with van der Waals surface area (Å²) in [7, 11) is 1.50. The van der Waals surface area contributed by atoms with Crippen molar-refractivity contribution in [3.05, 3.63) is 41.5 Å². The molecule has 0 unspecified atom stereocenters. The number of ketones is 1. The average Bonchev–Trinajstić information content (AvgIpc) is 2.32. The zero-order valence-corrected chi connectivity index (χ0v) is 10.6. The van der Waals surface area contributed by atoms with Gasteiger partial charge in [-0.15, -0.1) is 0 Å². The van der Waals surface area contributed by atoms with Gasteiger partial charge in [0.1, 0.15) is 0 Å². The van der Waals surface area contributed by atoms with Gasteiger partial charge in [0.15, 0.2) is 5.78 Å². The third-order valence-electron chi connectivity index (χ3n) is 2.24. The third kappa shape index (κ3) is 3.99. The Labute approximate surface area is 98.2 Å². The van der Waals surface area contributed by atoms with E-state index in [1.165, 1.54) is 12.6 Å². The number of hydrogen-bond donors (Lipinski definition) is 1. The summed E-state index contributed by atoms with van der Waals surface area (Å²) in [4.78, 5) is 11.3. The first-order chi connectivity index (χ1) is 7.66. The molecule has 0 amide bonds. The Morgan fingerprint density at radius 1 is 1.19 bits per heavy atom. The SMILES string of the molecule is CC/C=C(\C)c1ccccc1C(C)=O.CN. The van der Waals surface area contributed by atoms with Crippen molar-refractivity contribution in [3.63, 3.8) is 0 Å². The summed E-state index contributed by atoms with van der Waals surface area (Å²) in [6.07, 6.45) is 3.14. The van der Waals surface area contributed by atoms with Gasteiger partial charge in [0.25, 0.3) is 0 Å². The minimum atomic E-state index is 0.129. The van der Waals surface area contributed by atoms with E-state index in [-0.39, 0.29) is 5.78 Å². The lowest BCUT2D eigenvalue weighted by Crippen LogP contribution is -1.97. The number of carbonyl (C=O) groups is 1. The predicted octanol–water partition coefficient (Wildman–Crippen LogP) is 3.28. The van der Waals surface area contributed by atoms with Gasteiger partial charge >= 0.3 is 0 Å². The smallest absolute Gasteiger partial charge is 0.160 e. The maximum atomic E-state index is 11.3. The van der Waals surface area contributed by atoms with Crippen LogP contribution in [0.3, 0.4) is 0 Å². The van der Waals surface area contributed by atoms with Crippen molar-refractivity contribution >= 4 is 11.4 Å². The van der Waals surface area contributed by atoms with Gasteiger partial charge in [-0.2, -0.15) is 0 Å². The molecule has 0 spiro atoms. The maximum absolute atomic E-state index is 11.3. The van der Waals surface area contributed by atoms with Crippen molar-refractivity contribution in [2.24, 2.45) is 5.73 Å². The topological polar surface area (TPSA) is 43.1 Å². The van der Waals surface area contributed by atoms with E-state index < -0.39 is 0 Å². The minimum Gasteiger partial charge on any atom is -0.333 e. The second kappa shape index (κ2) is 7.83. The van der Waals surface area contributed by atoms with Crippen LogP contribution in [0.15, 0.2) is 30.3 Å². The molecule has 0 aromatic heterocycles. The molecular weight excluding hydrogens is 198 g/mol. The number of allylic oxidation sites excluding steroid dienone is 2. The first-order valence-electron chi connectivity index (χ1n) is 5.51. The van der Waals surface area contributed by atoms with Crippen LogP contribution in [0.4, 0.5) is 0 Å². The monoisotopic (exact) mass is 219 g/mol. The Kier molecular flexibility index (Phi) is 7.14. The Morgan fingerprint density at radius 3 is 2.12 bits per heavy atom. The highest BCUT2D eigenvalue weighted by Gasteiger charge is 2.06. The quantitative estimate of drug-likeness (QED) is 0.793. The van der Waals surface area contributed by atoms with E-state index in [1.807, 2.05) is 31.2 Å². The van der Waals surface area contributed by atoms with Crippen LogP contribution in [0.2, 0.25) is 0 Å². The highest BCUT2D eigenvalue weighted by atomic mass is 16.1. The van der Waals surface area contributed by atoms with Gasteiger partial charge in [0.05, 0.1) is 0 Å². The van der Waals surface area contributed by atoms with Crippen LogP contribution in [0.5, 0.6) is 0 Å². The van der Waals surface area contributed by atoms with E-state index in [0.29, 0.717) is 0 Å². The second-order valence-corrected chi connectivity index (χ2v) is 3.40. The van der Waals surface area contributed by atoms with E-state index in [0.717, 1.165) is 17.5 Å². The summed E-state index contributed by atoms with van der Waals surface area (Å²) in [6, 6.07) is 7.75. The fraction of sp³-hybridized carbons (Fsp3) is 0.357. The lowest BCUT2D eigenvalue weighted by atomic mass is 9.98. The molecule has 0 saturated heterocycles. The van der Waals surface area contributed by atoms with Crippen molar-refractivity contribution < 1.29 is 4.79 Å². The van der Waals surface area contributed by atoms with Gasteiger partial charge in [-0.25, -0.2) is 0 Å². The molecule has 2 heteroatoms. The van der Waals surface area contributed by atoms with Gasteiger partial charge in [0, 0.05) is 5.56 Å². The fourth-order valence-corrected chi connectivity index (χ4v) is 1.55. The normalized spacial score (nSPS) is 10.4. The zero-order chi connectivity index (χ0) is 12.6. The van der Waals surface area contributed by atoms with Crippen molar-refractivity contribution in [1.82, 2.24) is 0 Å². The molecule has 0 atom stereocenters. The van der Waals surface area contributed by atoms with E-state index in [1.54, 1.807) is 6.92 Å². The summed E-state index contributed by atoms with van der Waals surface area (Å²) in [6.45, 7) is 5.75. The first kappa shape index (κ1) is 14.6. The van der Waals surface area contributed by atoms with Crippen molar-refractivity contribution in [3.8, 4) is 0 Å². The second-order valence-electron chi connectivity index (χ2n) is 3.40. The van der Waals surface area contributed by atoms with Gasteiger partial charge < -0.3 is 5.73 Å². The number of benzene rings is 1. The van der Waals surface area contributed by atoms with Crippen LogP contribution < -0.4 is 5.73 Å². The lowest BCUT2D eigenvalue weighted by Gasteiger charge is -2.06. The Morgan fingerprint density at radius 2 is 1.69 bits per heavy atom. The predicted molar refractivity (Wildman–Crippen MR) is 70.5 cm³/mol. The molecular formula is C14H21NO. The van der Waals surface area contributed by atoms with Gasteiger partial charge in [-0.05, 0) is 38.5 Å². The van der Waals surface area contributed by atoms with Crippen molar-refractivity contribution in [2.45, 2.75) is 27.2 Å². The summed E-state index contributed by atoms with van der Waals surface area (Å²) in [5.74, 6) is 0.129. The molecule has 0 radical (unpaired) electrons. The zero-order valence-electron chi connectivity index (χ0n) is 10.6. The molecule has 88 valence electrons. The molecule has 0 aliphatic rings. The molecule has 1 rings (SSSR count). The molecule has 2 N–H and O–H groups in total. The number of hydrogen-bond acceptors (Lipinski definition) is 2. The van der Waals surface area contributed by atoms with E-state index >= 15 is 0 Å². The number of nitrogens with two attached hydrogens (primary N) is 1. The molecule has 1 aromatic carbocycles. The highest BCUT2D eigenvalue weighted by Crippen LogP contribution is 2.19. The van der Waals surface area contributed by atoms with E-state index in [2.05, 4.69) is 18.7 Å². The standard InChI is InChI=1S/C13H16O.CH5N/c1-4-7-10(2)12-8-5-6-9-13(12)11(3)14;1-2/h5-9H,4H2,1-3H3;2H2,1H3/b10-7+;. The Bertz CT molecular complexity index is 367. The lowest BCUT2D eigenvalue weighted by molar-refractivity contribution is 0.101. The molecule has 1 aromatic rings. The van der Waals surface area contributed by atoms with Crippen LogP contribution in [0.25, 0.3) is 5.57 Å². The first-order valence-corrected chi connectivity index (χ1v) is 5.51. The number of carbonyl (C=O) groups excluding carboxylic acids is 1. The van der Waals surface area contributed by atoms with Gasteiger partial charge in [-0.1, -0.05) is 37.3 Å². The Hall–Kier alpha value is -1.41. The maximum Gasteiger partial charge on any atom is 0.160 e. The molecule has 0 fully saturated rings. The molecule has 0 aliphatic carbocycles. The van der Waals surface area contributed by atoms with Crippen LogP contribution in [0.1, 0.15) is 43.1 Å². The minimum absolute atomic E-state index is 0.129. The summed E-state index contributed by atoms with van der Waals surface area (Å²) in [5.41, 5.74) is 7.55. The largest absolute Gasteiger partial charge is 0.333 e. The molecule has 2 nitrogen and oxygen atoms in total. The number of Topliss-reactive ketones (excluding diaryl/α,β-unsaturated/α-hetero) is 1. The van der Waals surface area contributed by atoms with E-state index in [4.69, 9.17) is 0 Å². The van der Waals surface area contributed by atoms with Crippen molar-refractivity contribution in [2.75, 3.05) is 7.05 Å². The molecule has 0 saturated carbocycles. The molecule has 16 heavy (non-hydrogen) atoms. The van der Waals surface area contributed by atoms with Gasteiger partial charge in [-0.3, -0.25) is 4.79 Å². The van der Waals surface area contributed by atoms with Crippen molar-refractivity contribution in [1.29, 1.82) is 0 Å². The van der Waals surface area contributed by atoms with Crippen LogP contribution in [0, 0.1) is 0 Å². The summed E-state index contributed by atoms with van der Waals surface area (Å²) >= 11 is 0. The molecule has 0 heterocycles. The van der Waals surface area contributed by atoms with Gasteiger partial charge in [0.2, 0.25) is 0 Å². The molecule has 0 aliphatic heterocycles. The third-order valence-corrected chi connectivity index (χ3v) is 2.24. The Balaban J connectivity index is 0.00000106. The van der Waals surface area contributed by atoms with Crippen LogP contribution >= 0.6 is 0 Å².